The van der Waals surface area contributed by atoms with Crippen LogP contribution in [0.3, 0.4) is 0 Å². The first-order valence-electron chi connectivity index (χ1n) is 9.88. The van der Waals surface area contributed by atoms with Gasteiger partial charge in [-0.15, -0.1) is 10.2 Å². The van der Waals surface area contributed by atoms with E-state index in [1.54, 1.807) is 6.20 Å². The lowest BCUT2D eigenvalue weighted by Crippen LogP contribution is -2.42. The van der Waals surface area contributed by atoms with Crippen LogP contribution < -0.4 is 10.6 Å². The van der Waals surface area contributed by atoms with Crippen LogP contribution in [0.5, 0.6) is 0 Å². The average Bonchev–Trinajstić information content (AvgIpc) is 3.21. The fraction of sp³-hybridized carbons (Fsp3) is 0.600. The molecule has 1 aliphatic rings. The van der Waals surface area contributed by atoms with Crippen LogP contribution in [-0.4, -0.2) is 37.3 Å². The Bertz CT molecular complexity index is 854. The molecule has 0 bridgehead atoms. The summed E-state index contributed by atoms with van der Waals surface area (Å²) in [5.41, 5.74) is 0.400. The fourth-order valence-corrected chi connectivity index (χ4v) is 3.74. The van der Waals surface area contributed by atoms with Crippen LogP contribution >= 0.6 is 0 Å². The van der Waals surface area contributed by atoms with Crippen LogP contribution in [0, 0.1) is 5.92 Å². The summed E-state index contributed by atoms with van der Waals surface area (Å²) in [6, 6.07) is 0. The van der Waals surface area contributed by atoms with E-state index < -0.39 is 0 Å². The largest absolute Gasteiger partial charge is 0.446 e. The highest BCUT2D eigenvalue weighted by molar-refractivity contribution is 5.68. The molecule has 2 aromatic rings. The predicted octanol–water partition coefficient (Wildman–Crippen LogP) is 3.87. The number of nitrogens with zero attached hydrogens (tertiary/aromatic N) is 4. The standard InChI is InChI=1S/C20H30N6O2/c1-6-8-21-16-12-26-17(11-22-16)24-25-18(26)15-10-14(9-13(15)7-2)28-19(27)23-20(3,4)5/h6,8,11-15,21H,7,9-10H2,1-5H3,(H,23,27)/b8-6-. The van der Waals surface area contributed by atoms with Crippen LogP contribution in [0.4, 0.5) is 10.6 Å². The Hall–Kier alpha value is -2.64. The van der Waals surface area contributed by atoms with Crippen LogP contribution in [0.15, 0.2) is 24.7 Å². The van der Waals surface area contributed by atoms with Crippen molar-refractivity contribution in [3.8, 4) is 0 Å². The molecule has 2 N–H and O–H groups in total. The molecule has 8 heteroatoms. The second-order valence-corrected chi connectivity index (χ2v) is 8.35. The van der Waals surface area contributed by atoms with E-state index in [9.17, 15) is 4.79 Å². The molecule has 0 spiro atoms. The minimum atomic E-state index is -0.360. The number of alkyl carbamates (subject to hydrolysis) is 1. The van der Waals surface area contributed by atoms with E-state index in [1.165, 1.54) is 0 Å². The molecule has 0 aromatic carbocycles. The maximum Gasteiger partial charge on any atom is 0.407 e. The number of rotatable bonds is 5. The number of hydrogen-bond donors (Lipinski definition) is 2. The fourth-order valence-electron chi connectivity index (χ4n) is 3.74. The number of allylic oxidation sites excluding steroid dienone is 1. The zero-order chi connectivity index (χ0) is 20.3. The first-order valence-corrected chi connectivity index (χ1v) is 9.88. The van der Waals surface area contributed by atoms with Gasteiger partial charge in [0.2, 0.25) is 0 Å². The lowest BCUT2D eigenvalue weighted by Gasteiger charge is -2.22. The van der Waals surface area contributed by atoms with Gasteiger partial charge >= 0.3 is 6.09 Å². The molecule has 3 atom stereocenters. The number of nitrogens with one attached hydrogen (secondary N) is 2. The van der Waals surface area contributed by atoms with E-state index in [0.717, 1.165) is 30.9 Å². The highest BCUT2D eigenvalue weighted by Gasteiger charge is 2.39. The number of anilines is 1. The molecule has 1 saturated carbocycles. The molecule has 152 valence electrons. The topological polar surface area (TPSA) is 93.4 Å². The lowest BCUT2D eigenvalue weighted by atomic mass is 9.93. The third-order valence-corrected chi connectivity index (χ3v) is 4.98. The number of amides is 1. The highest BCUT2D eigenvalue weighted by atomic mass is 16.6. The van der Waals surface area contributed by atoms with Crippen LogP contribution in [0.2, 0.25) is 0 Å². The number of ether oxygens (including phenoxy) is 1. The third-order valence-electron chi connectivity index (χ3n) is 4.98. The lowest BCUT2D eigenvalue weighted by molar-refractivity contribution is 0.0918. The van der Waals surface area contributed by atoms with Gasteiger partial charge in [0.05, 0.1) is 12.4 Å². The molecular formula is C20H30N6O2. The van der Waals surface area contributed by atoms with Crippen LogP contribution in [0.25, 0.3) is 5.65 Å². The molecular weight excluding hydrogens is 356 g/mol. The zero-order valence-corrected chi connectivity index (χ0v) is 17.3. The Morgan fingerprint density at radius 3 is 2.82 bits per heavy atom. The van der Waals surface area contributed by atoms with Crippen molar-refractivity contribution in [3.05, 3.63) is 30.5 Å². The molecule has 2 heterocycles. The molecule has 28 heavy (non-hydrogen) atoms. The van der Waals surface area contributed by atoms with Crippen molar-refractivity contribution in [2.75, 3.05) is 5.32 Å². The molecule has 2 aromatic heterocycles. The van der Waals surface area contributed by atoms with Gasteiger partial charge in [0.15, 0.2) is 5.65 Å². The van der Waals surface area contributed by atoms with Gasteiger partial charge in [0.1, 0.15) is 17.7 Å². The Morgan fingerprint density at radius 1 is 1.36 bits per heavy atom. The minimum absolute atomic E-state index is 0.118. The van der Waals surface area contributed by atoms with E-state index in [-0.39, 0.29) is 23.7 Å². The number of carbonyl (C=O) groups excluding carboxylic acids is 1. The van der Waals surface area contributed by atoms with Gasteiger partial charge in [-0.25, -0.2) is 9.78 Å². The van der Waals surface area contributed by atoms with Crippen molar-refractivity contribution in [2.45, 2.75) is 71.4 Å². The van der Waals surface area contributed by atoms with Crippen molar-refractivity contribution >= 4 is 17.6 Å². The summed E-state index contributed by atoms with van der Waals surface area (Å²) >= 11 is 0. The number of fused-ring (bicyclic) bond motifs is 1. The van der Waals surface area contributed by atoms with Crippen LogP contribution in [0.1, 0.15) is 65.6 Å². The van der Waals surface area contributed by atoms with Gasteiger partial charge in [0, 0.05) is 11.5 Å². The summed E-state index contributed by atoms with van der Waals surface area (Å²) in [7, 11) is 0. The molecule has 3 rings (SSSR count). The maximum absolute atomic E-state index is 12.2. The molecule has 0 aliphatic heterocycles. The van der Waals surface area contributed by atoms with Gasteiger partial charge in [-0.05, 0) is 52.7 Å². The number of hydrogen-bond acceptors (Lipinski definition) is 6. The summed E-state index contributed by atoms with van der Waals surface area (Å²) in [6.07, 6.45) is 9.47. The summed E-state index contributed by atoms with van der Waals surface area (Å²) in [4.78, 5) is 16.5. The summed E-state index contributed by atoms with van der Waals surface area (Å²) in [5.74, 6) is 2.20. The van der Waals surface area contributed by atoms with Crippen molar-refractivity contribution < 1.29 is 9.53 Å². The Balaban J connectivity index is 1.79. The normalized spacial score (nSPS) is 22.7. The Labute approximate surface area is 165 Å². The van der Waals surface area contributed by atoms with E-state index in [1.807, 2.05) is 50.6 Å². The van der Waals surface area contributed by atoms with Gasteiger partial charge in [0.25, 0.3) is 0 Å². The first kappa shape index (κ1) is 20.1. The molecule has 3 unspecified atom stereocenters. The summed E-state index contributed by atoms with van der Waals surface area (Å²) in [5, 5.41) is 14.7. The molecule has 0 radical (unpaired) electrons. The Kier molecular flexibility index (Phi) is 5.86. The first-order chi connectivity index (χ1) is 13.3. The van der Waals surface area contributed by atoms with Crippen molar-refractivity contribution in [1.29, 1.82) is 0 Å². The summed E-state index contributed by atoms with van der Waals surface area (Å²) in [6.45, 7) is 9.93. The molecule has 1 fully saturated rings. The second-order valence-electron chi connectivity index (χ2n) is 8.35. The average molecular weight is 387 g/mol. The smallest absolute Gasteiger partial charge is 0.407 e. The summed E-state index contributed by atoms with van der Waals surface area (Å²) < 4.78 is 7.69. The number of aromatic nitrogens is 4. The van der Waals surface area contributed by atoms with E-state index in [0.29, 0.717) is 11.6 Å². The van der Waals surface area contributed by atoms with Gasteiger partial charge in [-0.1, -0.05) is 19.4 Å². The van der Waals surface area contributed by atoms with Crippen molar-refractivity contribution in [2.24, 2.45) is 5.92 Å². The molecule has 1 amide bonds. The van der Waals surface area contributed by atoms with Crippen molar-refractivity contribution in [3.63, 3.8) is 0 Å². The third kappa shape index (κ3) is 4.61. The SMILES string of the molecule is C/C=C\Nc1cn2c(C3CC(OC(=O)NC(C)(C)C)CC3CC)nnc2cn1. The quantitative estimate of drug-likeness (QED) is 0.810. The predicted molar refractivity (Wildman–Crippen MR) is 108 cm³/mol. The van der Waals surface area contributed by atoms with Crippen LogP contribution in [-0.2, 0) is 4.74 Å². The van der Waals surface area contributed by atoms with Gasteiger partial charge < -0.3 is 15.4 Å². The monoisotopic (exact) mass is 386 g/mol. The van der Waals surface area contributed by atoms with E-state index in [4.69, 9.17) is 4.74 Å². The van der Waals surface area contributed by atoms with E-state index >= 15 is 0 Å². The van der Waals surface area contributed by atoms with Gasteiger partial charge in [-0.3, -0.25) is 4.40 Å². The van der Waals surface area contributed by atoms with Crippen molar-refractivity contribution in [1.82, 2.24) is 24.9 Å². The number of carbonyl (C=O) groups is 1. The zero-order valence-electron chi connectivity index (χ0n) is 17.3. The minimum Gasteiger partial charge on any atom is -0.446 e. The maximum atomic E-state index is 12.2. The van der Waals surface area contributed by atoms with Gasteiger partial charge in [-0.2, -0.15) is 0 Å². The molecule has 0 saturated heterocycles. The molecule has 8 nitrogen and oxygen atoms in total. The Morgan fingerprint density at radius 2 is 2.14 bits per heavy atom. The van der Waals surface area contributed by atoms with E-state index in [2.05, 4.69) is 32.7 Å². The second kappa shape index (κ2) is 8.16. The molecule has 1 aliphatic carbocycles. The highest BCUT2D eigenvalue weighted by Crippen LogP contribution is 2.42.